The van der Waals surface area contributed by atoms with Gasteiger partial charge in [0, 0.05) is 35.3 Å². The quantitative estimate of drug-likeness (QED) is 0.575. The van der Waals surface area contributed by atoms with Gasteiger partial charge in [-0.05, 0) is 74.7 Å². The minimum atomic E-state index is -0.215. The molecule has 0 aromatic heterocycles. The SMILES string of the molecule is NC(=O)C1CCN(Cc2cccc(NC(=O)c3cccc(NC(=O)C4CCCCC4)c3)c2)CC1. The fraction of sp³-hybridized carbons (Fsp3) is 0.444. The van der Waals surface area contributed by atoms with E-state index in [2.05, 4.69) is 15.5 Å². The van der Waals surface area contributed by atoms with Crippen molar-refractivity contribution in [3.05, 3.63) is 59.7 Å². The van der Waals surface area contributed by atoms with Gasteiger partial charge in [-0.15, -0.1) is 0 Å². The Hall–Kier alpha value is -3.19. The highest BCUT2D eigenvalue weighted by Crippen LogP contribution is 2.25. The second-order valence-electron chi connectivity index (χ2n) is 9.51. The van der Waals surface area contributed by atoms with Crippen molar-refractivity contribution in [2.45, 2.75) is 51.5 Å². The van der Waals surface area contributed by atoms with Gasteiger partial charge >= 0.3 is 0 Å². The molecule has 7 nitrogen and oxygen atoms in total. The van der Waals surface area contributed by atoms with Crippen molar-refractivity contribution in [3.63, 3.8) is 0 Å². The van der Waals surface area contributed by atoms with Crippen molar-refractivity contribution in [2.24, 2.45) is 17.6 Å². The van der Waals surface area contributed by atoms with E-state index in [1.807, 2.05) is 30.3 Å². The molecule has 2 fully saturated rings. The number of hydrogen-bond acceptors (Lipinski definition) is 4. The molecule has 1 saturated heterocycles. The lowest BCUT2D eigenvalue weighted by Gasteiger charge is -2.30. The van der Waals surface area contributed by atoms with E-state index in [0.29, 0.717) is 11.3 Å². The minimum Gasteiger partial charge on any atom is -0.369 e. The zero-order chi connectivity index (χ0) is 23.9. The van der Waals surface area contributed by atoms with Gasteiger partial charge in [-0.1, -0.05) is 37.5 Å². The van der Waals surface area contributed by atoms with Crippen molar-refractivity contribution >= 4 is 29.1 Å². The molecule has 4 N–H and O–H groups in total. The van der Waals surface area contributed by atoms with Gasteiger partial charge in [0.05, 0.1) is 0 Å². The standard InChI is InChI=1S/C27H34N4O3/c28-25(32)20-12-14-31(15-13-20)18-19-6-4-10-23(16-19)29-27(34)22-9-5-11-24(17-22)30-26(33)21-7-2-1-3-8-21/h4-6,9-11,16-17,20-21H,1-3,7-8,12-15,18H2,(H2,28,32)(H,29,34)(H,30,33). The molecule has 0 bridgehead atoms. The van der Waals surface area contributed by atoms with E-state index in [-0.39, 0.29) is 29.6 Å². The van der Waals surface area contributed by atoms with Gasteiger partial charge in [0.25, 0.3) is 5.91 Å². The number of carbonyl (C=O) groups excluding carboxylic acids is 3. The number of nitrogens with zero attached hydrogens (tertiary/aromatic N) is 1. The maximum atomic E-state index is 12.9. The van der Waals surface area contributed by atoms with Crippen molar-refractivity contribution in [1.82, 2.24) is 4.90 Å². The first-order chi connectivity index (χ1) is 16.5. The van der Waals surface area contributed by atoms with Crippen molar-refractivity contribution in [1.29, 1.82) is 0 Å². The Labute approximate surface area is 201 Å². The van der Waals surface area contributed by atoms with Crippen LogP contribution in [0.15, 0.2) is 48.5 Å². The predicted molar refractivity (Wildman–Crippen MR) is 133 cm³/mol. The highest BCUT2D eigenvalue weighted by molar-refractivity contribution is 6.05. The van der Waals surface area contributed by atoms with Crippen LogP contribution in [0.1, 0.15) is 60.9 Å². The van der Waals surface area contributed by atoms with Crippen LogP contribution in [0.5, 0.6) is 0 Å². The summed E-state index contributed by atoms with van der Waals surface area (Å²) in [6.07, 6.45) is 6.86. The Morgan fingerprint density at radius 1 is 0.824 bits per heavy atom. The third-order valence-electron chi connectivity index (χ3n) is 6.95. The van der Waals surface area contributed by atoms with Gasteiger partial charge in [0.1, 0.15) is 0 Å². The number of likely N-dealkylation sites (tertiary alicyclic amines) is 1. The Balaban J connectivity index is 1.33. The molecule has 2 aromatic carbocycles. The maximum absolute atomic E-state index is 12.9. The predicted octanol–water partition coefficient (Wildman–Crippen LogP) is 4.16. The second-order valence-corrected chi connectivity index (χ2v) is 9.51. The highest BCUT2D eigenvalue weighted by Gasteiger charge is 2.23. The number of anilines is 2. The second kappa shape index (κ2) is 11.3. The number of piperidine rings is 1. The fourth-order valence-electron chi connectivity index (χ4n) is 4.93. The van der Waals surface area contributed by atoms with Gasteiger partial charge in [0.2, 0.25) is 11.8 Å². The van der Waals surface area contributed by atoms with Gasteiger partial charge in [-0.25, -0.2) is 0 Å². The molecule has 1 heterocycles. The Bertz CT molecular complexity index is 1020. The van der Waals surface area contributed by atoms with E-state index in [1.54, 1.807) is 18.2 Å². The summed E-state index contributed by atoms with van der Waals surface area (Å²) in [5.41, 5.74) is 8.41. The molecule has 3 amide bonds. The van der Waals surface area contributed by atoms with E-state index in [0.717, 1.165) is 69.4 Å². The summed E-state index contributed by atoms with van der Waals surface area (Å²) in [4.78, 5) is 39.1. The van der Waals surface area contributed by atoms with Crippen LogP contribution in [0.3, 0.4) is 0 Å². The topological polar surface area (TPSA) is 105 Å². The molecule has 2 aliphatic rings. The zero-order valence-corrected chi connectivity index (χ0v) is 19.6. The van der Waals surface area contributed by atoms with Crippen molar-refractivity contribution in [3.8, 4) is 0 Å². The summed E-state index contributed by atoms with van der Waals surface area (Å²) in [5, 5.41) is 5.95. The van der Waals surface area contributed by atoms with Gasteiger partial charge in [0.15, 0.2) is 0 Å². The largest absolute Gasteiger partial charge is 0.369 e. The van der Waals surface area contributed by atoms with Crippen LogP contribution >= 0.6 is 0 Å². The number of nitrogens with one attached hydrogen (secondary N) is 2. The number of hydrogen-bond donors (Lipinski definition) is 3. The Morgan fingerprint density at radius 2 is 1.50 bits per heavy atom. The average molecular weight is 463 g/mol. The lowest BCUT2D eigenvalue weighted by Crippen LogP contribution is -2.38. The number of benzene rings is 2. The van der Waals surface area contributed by atoms with Gasteiger partial charge < -0.3 is 16.4 Å². The fourth-order valence-corrected chi connectivity index (χ4v) is 4.93. The van der Waals surface area contributed by atoms with Crippen molar-refractivity contribution in [2.75, 3.05) is 23.7 Å². The molecule has 0 spiro atoms. The van der Waals surface area contributed by atoms with Crippen molar-refractivity contribution < 1.29 is 14.4 Å². The summed E-state index contributed by atoms with van der Waals surface area (Å²) < 4.78 is 0. The highest BCUT2D eigenvalue weighted by atomic mass is 16.2. The molecule has 1 aliphatic carbocycles. The molecule has 34 heavy (non-hydrogen) atoms. The third kappa shape index (κ3) is 6.44. The van der Waals surface area contributed by atoms with Crippen LogP contribution in [0, 0.1) is 11.8 Å². The molecule has 0 unspecified atom stereocenters. The zero-order valence-electron chi connectivity index (χ0n) is 19.6. The van der Waals surface area contributed by atoms with Crippen LogP contribution in [-0.4, -0.2) is 35.7 Å². The van der Waals surface area contributed by atoms with Crippen LogP contribution < -0.4 is 16.4 Å². The first kappa shape index (κ1) is 24.0. The minimum absolute atomic E-state index is 0.0231. The Kier molecular flexibility index (Phi) is 7.95. The van der Waals surface area contributed by atoms with Crippen LogP contribution in [0.2, 0.25) is 0 Å². The molecule has 0 radical (unpaired) electrons. The van der Waals surface area contributed by atoms with Crippen LogP contribution in [0.25, 0.3) is 0 Å². The molecule has 1 aliphatic heterocycles. The number of carbonyl (C=O) groups is 3. The first-order valence-corrected chi connectivity index (χ1v) is 12.3. The summed E-state index contributed by atoms with van der Waals surface area (Å²) in [5.74, 6) is -0.333. The summed E-state index contributed by atoms with van der Waals surface area (Å²) in [6.45, 7) is 2.44. The molecule has 0 atom stereocenters. The molecule has 180 valence electrons. The number of primary amides is 1. The van der Waals surface area contributed by atoms with E-state index < -0.39 is 0 Å². The van der Waals surface area contributed by atoms with E-state index in [1.165, 1.54) is 6.42 Å². The summed E-state index contributed by atoms with van der Waals surface area (Å²) >= 11 is 0. The number of amides is 3. The third-order valence-corrected chi connectivity index (χ3v) is 6.95. The average Bonchev–Trinajstić information content (AvgIpc) is 2.85. The van der Waals surface area contributed by atoms with E-state index >= 15 is 0 Å². The lowest BCUT2D eigenvalue weighted by molar-refractivity contribution is -0.123. The molecule has 7 heteroatoms. The molecular formula is C27H34N4O3. The number of nitrogens with two attached hydrogens (primary N) is 1. The molecule has 4 rings (SSSR count). The summed E-state index contributed by atoms with van der Waals surface area (Å²) in [6, 6.07) is 14.9. The molecular weight excluding hydrogens is 428 g/mol. The van der Waals surface area contributed by atoms with E-state index in [4.69, 9.17) is 5.73 Å². The van der Waals surface area contributed by atoms with E-state index in [9.17, 15) is 14.4 Å². The monoisotopic (exact) mass is 462 g/mol. The van der Waals surface area contributed by atoms with Gasteiger partial charge in [-0.3, -0.25) is 19.3 Å². The molecule has 2 aromatic rings. The first-order valence-electron chi connectivity index (χ1n) is 12.3. The smallest absolute Gasteiger partial charge is 0.255 e. The molecule has 1 saturated carbocycles. The lowest BCUT2D eigenvalue weighted by atomic mass is 9.88. The number of rotatable bonds is 7. The van der Waals surface area contributed by atoms with Gasteiger partial charge in [-0.2, -0.15) is 0 Å². The normalized spacial score (nSPS) is 17.8. The summed E-state index contributed by atoms with van der Waals surface area (Å²) in [7, 11) is 0. The maximum Gasteiger partial charge on any atom is 0.255 e. The van der Waals surface area contributed by atoms with Crippen LogP contribution in [0.4, 0.5) is 11.4 Å². The van der Waals surface area contributed by atoms with Crippen LogP contribution in [-0.2, 0) is 16.1 Å². The Morgan fingerprint density at radius 3 is 2.21 bits per heavy atom.